The Morgan fingerprint density at radius 2 is 2.10 bits per heavy atom. The molecule has 0 saturated heterocycles. The number of carbonyl (C=O) groups excluding carboxylic acids is 1. The second kappa shape index (κ2) is 8.04. The smallest absolute Gasteiger partial charge is 0.225 e. The van der Waals surface area contributed by atoms with Gasteiger partial charge >= 0.3 is 0 Å². The maximum absolute atomic E-state index is 11.9. The minimum absolute atomic E-state index is 0.00896. The van der Waals surface area contributed by atoms with E-state index in [-0.39, 0.29) is 5.91 Å². The average molecular weight is 296 g/mol. The lowest BCUT2D eigenvalue weighted by Crippen LogP contribution is -2.15. The molecule has 0 spiro atoms. The highest BCUT2D eigenvalue weighted by Crippen LogP contribution is 2.24. The van der Waals surface area contributed by atoms with Crippen molar-refractivity contribution in [3.05, 3.63) is 18.2 Å². The summed E-state index contributed by atoms with van der Waals surface area (Å²) >= 11 is 1.82. The number of carbonyl (C=O) groups is 1. The number of nitrogen functional groups attached to an aromatic ring is 1. The zero-order valence-electron chi connectivity index (χ0n) is 12.6. The largest absolute Gasteiger partial charge is 0.497 e. The Morgan fingerprint density at radius 1 is 1.40 bits per heavy atom. The summed E-state index contributed by atoms with van der Waals surface area (Å²) < 4.78 is 5.07. The molecule has 1 aromatic carbocycles. The number of hydrogen-bond donors (Lipinski definition) is 2. The SMILES string of the molecule is COc1ccc(NC(=O)CCSC(C)C(C)C)c(N)c1. The minimum Gasteiger partial charge on any atom is -0.497 e. The number of nitrogens with one attached hydrogen (secondary N) is 1. The zero-order valence-corrected chi connectivity index (χ0v) is 13.4. The predicted octanol–water partition coefficient (Wildman–Crippen LogP) is 3.38. The maximum atomic E-state index is 11.9. The van der Waals surface area contributed by atoms with Crippen LogP contribution in [0.3, 0.4) is 0 Å². The van der Waals surface area contributed by atoms with E-state index in [9.17, 15) is 4.79 Å². The van der Waals surface area contributed by atoms with E-state index in [4.69, 9.17) is 10.5 Å². The number of amides is 1. The van der Waals surface area contributed by atoms with Crippen LogP contribution in [0.2, 0.25) is 0 Å². The van der Waals surface area contributed by atoms with Gasteiger partial charge in [0, 0.05) is 23.5 Å². The van der Waals surface area contributed by atoms with Crippen LogP contribution in [0, 0.1) is 5.92 Å². The molecule has 0 radical (unpaired) electrons. The Balaban J connectivity index is 2.43. The molecular weight excluding hydrogens is 272 g/mol. The van der Waals surface area contributed by atoms with E-state index in [0.29, 0.717) is 34.7 Å². The number of hydrogen-bond acceptors (Lipinski definition) is 4. The van der Waals surface area contributed by atoms with E-state index in [2.05, 4.69) is 26.1 Å². The third-order valence-corrected chi connectivity index (χ3v) is 4.69. The molecule has 0 aromatic heterocycles. The molecule has 1 aromatic rings. The van der Waals surface area contributed by atoms with Crippen LogP contribution in [-0.4, -0.2) is 24.0 Å². The highest BCUT2D eigenvalue weighted by atomic mass is 32.2. The molecule has 1 amide bonds. The second-order valence-electron chi connectivity index (χ2n) is 5.07. The summed E-state index contributed by atoms with van der Waals surface area (Å²) in [6.07, 6.45) is 0.493. The molecule has 0 saturated carbocycles. The summed E-state index contributed by atoms with van der Waals surface area (Å²) in [5.41, 5.74) is 7.01. The lowest BCUT2D eigenvalue weighted by Gasteiger charge is -2.14. The molecular formula is C15H24N2O2S. The molecule has 112 valence electrons. The van der Waals surface area contributed by atoms with Crippen molar-refractivity contribution in [3.63, 3.8) is 0 Å². The molecule has 3 N–H and O–H groups in total. The van der Waals surface area contributed by atoms with Gasteiger partial charge < -0.3 is 15.8 Å². The minimum atomic E-state index is -0.00896. The topological polar surface area (TPSA) is 64.3 Å². The number of rotatable bonds is 7. The molecule has 0 aliphatic heterocycles. The van der Waals surface area contributed by atoms with E-state index in [1.165, 1.54) is 0 Å². The molecule has 0 heterocycles. The van der Waals surface area contributed by atoms with E-state index < -0.39 is 0 Å². The molecule has 0 bridgehead atoms. The van der Waals surface area contributed by atoms with Gasteiger partial charge in [0.1, 0.15) is 5.75 Å². The summed E-state index contributed by atoms with van der Waals surface area (Å²) in [5, 5.41) is 3.40. The normalized spacial score (nSPS) is 12.2. The molecule has 5 heteroatoms. The number of benzene rings is 1. The van der Waals surface area contributed by atoms with Crippen molar-refractivity contribution in [2.45, 2.75) is 32.4 Å². The molecule has 1 rings (SSSR count). The molecule has 0 aliphatic carbocycles. The second-order valence-corrected chi connectivity index (χ2v) is 6.56. The van der Waals surface area contributed by atoms with Crippen molar-refractivity contribution in [2.75, 3.05) is 23.9 Å². The standard InChI is InChI=1S/C15H24N2O2S/c1-10(2)11(3)20-8-7-15(18)17-14-6-5-12(19-4)9-13(14)16/h5-6,9-11H,7-8,16H2,1-4H3,(H,17,18). The van der Waals surface area contributed by atoms with Gasteiger partial charge in [-0.05, 0) is 18.1 Å². The van der Waals surface area contributed by atoms with E-state index in [1.807, 2.05) is 11.8 Å². The summed E-state index contributed by atoms with van der Waals surface area (Å²) in [4.78, 5) is 11.9. The van der Waals surface area contributed by atoms with Gasteiger partial charge in [0.05, 0.1) is 18.5 Å². The number of methoxy groups -OCH3 is 1. The van der Waals surface area contributed by atoms with Gasteiger partial charge in [0.2, 0.25) is 5.91 Å². The fourth-order valence-corrected chi connectivity index (χ4v) is 2.58. The number of ether oxygens (including phenoxy) is 1. The first kappa shape index (κ1) is 16.7. The Morgan fingerprint density at radius 3 is 2.65 bits per heavy atom. The van der Waals surface area contributed by atoms with Crippen LogP contribution in [0.4, 0.5) is 11.4 Å². The molecule has 1 atom stereocenters. The molecule has 20 heavy (non-hydrogen) atoms. The monoisotopic (exact) mass is 296 g/mol. The van der Waals surface area contributed by atoms with Gasteiger partial charge in [-0.1, -0.05) is 20.8 Å². The Kier molecular flexibility index (Phi) is 6.71. The van der Waals surface area contributed by atoms with E-state index in [0.717, 1.165) is 5.75 Å². The molecule has 0 aliphatic rings. The van der Waals surface area contributed by atoms with Crippen molar-refractivity contribution in [2.24, 2.45) is 5.92 Å². The van der Waals surface area contributed by atoms with Crippen LogP contribution in [0.1, 0.15) is 27.2 Å². The summed E-state index contributed by atoms with van der Waals surface area (Å²) in [6, 6.07) is 5.24. The lowest BCUT2D eigenvalue weighted by molar-refractivity contribution is -0.115. The number of thioether (sulfide) groups is 1. The van der Waals surface area contributed by atoms with E-state index >= 15 is 0 Å². The van der Waals surface area contributed by atoms with Crippen LogP contribution < -0.4 is 15.8 Å². The van der Waals surface area contributed by atoms with Gasteiger partial charge in [0.15, 0.2) is 0 Å². The summed E-state index contributed by atoms with van der Waals surface area (Å²) in [7, 11) is 1.58. The average Bonchev–Trinajstić information content (AvgIpc) is 2.40. The van der Waals surface area contributed by atoms with E-state index in [1.54, 1.807) is 25.3 Å². The van der Waals surface area contributed by atoms with Gasteiger partial charge in [-0.15, -0.1) is 0 Å². The summed E-state index contributed by atoms with van der Waals surface area (Å²) in [6.45, 7) is 6.57. The van der Waals surface area contributed by atoms with Gasteiger partial charge in [0.25, 0.3) is 0 Å². The molecule has 1 unspecified atom stereocenters. The van der Waals surface area contributed by atoms with Gasteiger partial charge in [-0.25, -0.2) is 0 Å². The highest BCUT2D eigenvalue weighted by molar-refractivity contribution is 7.99. The first-order valence-electron chi connectivity index (χ1n) is 6.79. The van der Waals surface area contributed by atoms with Crippen molar-refractivity contribution < 1.29 is 9.53 Å². The van der Waals surface area contributed by atoms with Crippen molar-refractivity contribution in [3.8, 4) is 5.75 Å². The fraction of sp³-hybridized carbons (Fsp3) is 0.533. The predicted molar refractivity (Wildman–Crippen MR) is 87.4 cm³/mol. The third kappa shape index (κ3) is 5.33. The van der Waals surface area contributed by atoms with Crippen molar-refractivity contribution in [1.82, 2.24) is 0 Å². The maximum Gasteiger partial charge on any atom is 0.225 e. The summed E-state index contributed by atoms with van der Waals surface area (Å²) in [5.74, 6) is 2.12. The number of anilines is 2. The van der Waals surface area contributed by atoms with Crippen molar-refractivity contribution in [1.29, 1.82) is 0 Å². The van der Waals surface area contributed by atoms with Crippen LogP contribution in [-0.2, 0) is 4.79 Å². The van der Waals surface area contributed by atoms with Gasteiger partial charge in [-0.2, -0.15) is 11.8 Å². The van der Waals surface area contributed by atoms with Crippen LogP contribution in [0.15, 0.2) is 18.2 Å². The van der Waals surface area contributed by atoms with Crippen molar-refractivity contribution >= 4 is 29.0 Å². The zero-order chi connectivity index (χ0) is 15.1. The van der Waals surface area contributed by atoms with Crippen LogP contribution in [0.25, 0.3) is 0 Å². The third-order valence-electron chi connectivity index (χ3n) is 3.18. The van der Waals surface area contributed by atoms with Crippen LogP contribution in [0.5, 0.6) is 5.75 Å². The molecule has 4 nitrogen and oxygen atoms in total. The Bertz CT molecular complexity index is 449. The lowest BCUT2D eigenvalue weighted by atomic mass is 10.2. The Labute approximate surface area is 125 Å². The first-order valence-corrected chi connectivity index (χ1v) is 7.84. The fourth-order valence-electron chi connectivity index (χ4n) is 1.52. The van der Waals surface area contributed by atoms with Gasteiger partial charge in [-0.3, -0.25) is 4.79 Å². The first-order chi connectivity index (χ1) is 9.43. The number of nitrogens with two attached hydrogens (primary N) is 1. The van der Waals surface area contributed by atoms with Crippen LogP contribution >= 0.6 is 11.8 Å². The molecule has 0 fully saturated rings. The highest BCUT2D eigenvalue weighted by Gasteiger charge is 2.10. The quantitative estimate of drug-likeness (QED) is 0.757. The Hall–Kier alpha value is -1.36.